The lowest BCUT2D eigenvalue weighted by Gasteiger charge is -2.18. The molecule has 0 spiro atoms. The summed E-state index contributed by atoms with van der Waals surface area (Å²) in [4.78, 5) is 2.51. The Morgan fingerprint density at radius 2 is 2.28 bits per heavy atom. The van der Waals surface area contributed by atoms with E-state index in [2.05, 4.69) is 41.9 Å². The van der Waals surface area contributed by atoms with Gasteiger partial charge in [0.2, 0.25) is 0 Å². The van der Waals surface area contributed by atoms with Gasteiger partial charge in [-0.1, -0.05) is 13.8 Å². The molecule has 102 valence electrons. The summed E-state index contributed by atoms with van der Waals surface area (Å²) in [6.45, 7) is 8.60. The number of nitrogens with zero attached hydrogens (tertiary/aromatic N) is 1. The van der Waals surface area contributed by atoms with E-state index in [1.165, 1.54) is 36.6 Å². The van der Waals surface area contributed by atoms with E-state index in [0.717, 1.165) is 18.8 Å². The SMILES string of the molecule is CC(C)NCc1ccoc1CN1CCCSCC1. The van der Waals surface area contributed by atoms with Crippen LogP contribution in [-0.2, 0) is 13.1 Å². The van der Waals surface area contributed by atoms with Crippen LogP contribution in [0.3, 0.4) is 0 Å². The van der Waals surface area contributed by atoms with Crippen LogP contribution >= 0.6 is 11.8 Å². The molecule has 0 aliphatic carbocycles. The Hall–Kier alpha value is -0.450. The Balaban J connectivity index is 1.89. The fourth-order valence-corrected chi connectivity index (χ4v) is 3.06. The number of hydrogen-bond acceptors (Lipinski definition) is 4. The lowest BCUT2D eigenvalue weighted by molar-refractivity contribution is 0.260. The zero-order valence-corrected chi connectivity index (χ0v) is 12.3. The van der Waals surface area contributed by atoms with E-state index >= 15 is 0 Å². The minimum Gasteiger partial charge on any atom is -0.468 e. The van der Waals surface area contributed by atoms with Crippen LogP contribution < -0.4 is 5.32 Å². The maximum Gasteiger partial charge on any atom is 0.122 e. The fourth-order valence-electron chi connectivity index (χ4n) is 2.14. The zero-order chi connectivity index (χ0) is 12.8. The van der Waals surface area contributed by atoms with Crippen LogP contribution in [-0.4, -0.2) is 35.5 Å². The molecular weight excluding hydrogens is 244 g/mol. The lowest BCUT2D eigenvalue weighted by atomic mass is 10.2. The summed E-state index contributed by atoms with van der Waals surface area (Å²) in [5, 5.41) is 3.46. The molecule has 0 unspecified atom stereocenters. The van der Waals surface area contributed by atoms with Crippen molar-refractivity contribution in [3.8, 4) is 0 Å². The van der Waals surface area contributed by atoms with Gasteiger partial charge in [0.1, 0.15) is 5.76 Å². The lowest BCUT2D eigenvalue weighted by Crippen LogP contribution is -2.27. The van der Waals surface area contributed by atoms with Gasteiger partial charge < -0.3 is 9.73 Å². The average molecular weight is 268 g/mol. The van der Waals surface area contributed by atoms with Crippen LogP contribution in [0.5, 0.6) is 0 Å². The maximum absolute atomic E-state index is 5.65. The monoisotopic (exact) mass is 268 g/mol. The molecule has 0 radical (unpaired) electrons. The first-order chi connectivity index (χ1) is 8.75. The van der Waals surface area contributed by atoms with E-state index in [4.69, 9.17) is 4.42 Å². The molecule has 2 heterocycles. The Bertz CT molecular complexity index is 343. The summed E-state index contributed by atoms with van der Waals surface area (Å²) in [5.74, 6) is 3.69. The third-order valence-corrected chi connectivity index (χ3v) is 4.27. The highest BCUT2D eigenvalue weighted by Gasteiger charge is 2.14. The summed E-state index contributed by atoms with van der Waals surface area (Å²) < 4.78 is 5.65. The molecule has 3 nitrogen and oxygen atoms in total. The largest absolute Gasteiger partial charge is 0.468 e. The summed E-state index contributed by atoms with van der Waals surface area (Å²) in [5.41, 5.74) is 1.31. The molecule has 0 atom stereocenters. The van der Waals surface area contributed by atoms with Gasteiger partial charge in [-0.25, -0.2) is 0 Å². The smallest absolute Gasteiger partial charge is 0.122 e. The van der Waals surface area contributed by atoms with Crippen LogP contribution in [0.15, 0.2) is 16.7 Å². The summed E-state index contributed by atoms with van der Waals surface area (Å²) >= 11 is 2.07. The molecule has 1 fully saturated rings. The molecule has 1 aliphatic heterocycles. The highest BCUT2D eigenvalue weighted by atomic mass is 32.2. The van der Waals surface area contributed by atoms with Crippen LogP contribution in [0.1, 0.15) is 31.6 Å². The molecule has 18 heavy (non-hydrogen) atoms. The van der Waals surface area contributed by atoms with E-state index in [9.17, 15) is 0 Å². The van der Waals surface area contributed by atoms with Crippen LogP contribution in [0, 0.1) is 0 Å². The molecule has 0 bridgehead atoms. The predicted molar refractivity (Wildman–Crippen MR) is 77.9 cm³/mol. The molecule has 0 aromatic carbocycles. The van der Waals surface area contributed by atoms with E-state index in [0.29, 0.717) is 6.04 Å². The molecule has 1 aromatic rings. The number of rotatable bonds is 5. The first-order valence-electron chi connectivity index (χ1n) is 6.84. The number of hydrogen-bond donors (Lipinski definition) is 1. The number of thioether (sulfide) groups is 1. The van der Waals surface area contributed by atoms with Crippen molar-refractivity contribution in [3.63, 3.8) is 0 Å². The van der Waals surface area contributed by atoms with Crippen LogP contribution in [0.4, 0.5) is 0 Å². The van der Waals surface area contributed by atoms with E-state index in [1.54, 1.807) is 0 Å². The molecule has 4 heteroatoms. The first kappa shape index (κ1) is 14.0. The second-order valence-corrected chi connectivity index (χ2v) is 6.37. The summed E-state index contributed by atoms with van der Waals surface area (Å²) in [6, 6.07) is 2.61. The molecule has 1 aliphatic rings. The molecular formula is C14H24N2OS. The second kappa shape index (κ2) is 7.22. The second-order valence-electron chi connectivity index (χ2n) is 5.15. The minimum absolute atomic E-state index is 0.516. The first-order valence-corrected chi connectivity index (χ1v) is 8.00. The van der Waals surface area contributed by atoms with Crippen molar-refractivity contribution >= 4 is 11.8 Å². The van der Waals surface area contributed by atoms with Crippen molar-refractivity contribution in [2.75, 3.05) is 24.6 Å². The van der Waals surface area contributed by atoms with Crippen molar-refractivity contribution < 1.29 is 4.42 Å². The molecule has 0 saturated carbocycles. The van der Waals surface area contributed by atoms with E-state index in [1.807, 2.05) is 6.26 Å². The molecule has 2 rings (SSSR count). The normalized spacial score (nSPS) is 18.2. The van der Waals surface area contributed by atoms with Gasteiger partial charge in [0, 0.05) is 30.4 Å². The topological polar surface area (TPSA) is 28.4 Å². The highest BCUT2D eigenvalue weighted by Crippen LogP contribution is 2.17. The van der Waals surface area contributed by atoms with E-state index < -0.39 is 0 Å². The fraction of sp³-hybridized carbons (Fsp3) is 0.714. The number of nitrogens with one attached hydrogen (secondary N) is 1. The Kier molecular flexibility index (Phi) is 5.60. The van der Waals surface area contributed by atoms with Crippen molar-refractivity contribution in [3.05, 3.63) is 23.7 Å². The van der Waals surface area contributed by atoms with Crippen molar-refractivity contribution in [1.29, 1.82) is 0 Å². The standard InChI is InChI=1S/C14H24N2OS/c1-12(2)15-10-13-4-7-17-14(13)11-16-5-3-8-18-9-6-16/h4,7,12,15H,3,5-6,8-11H2,1-2H3. The van der Waals surface area contributed by atoms with Gasteiger partial charge in [-0.15, -0.1) is 0 Å². The zero-order valence-electron chi connectivity index (χ0n) is 11.4. The minimum atomic E-state index is 0.516. The molecule has 1 saturated heterocycles. The van der Waals surface area contributed by atoms with Gasteiger partial charge in [-0.3, -0.25) is 4.90 Å². The number of furan rings is 1. The van der Waals surface area contributed by atoms with Gasteiger partial charge >= 0.3 is 0 Å². The van der Waals surface area contributed by atoms with Gasteiger partial charge in [0.15, 0.2) is 0 Å². The Morgan fingerprint density at radius 3 is 3.11 bits per heavy atom. The molecule has 1 N–H and O–H groups in total. The maximum atomic E-state index is 5.65. The van der Waals surface area contributed by atoms with Gasteiger partial charge in [0.05, 0.1) is 12.8 Å². The van der Waals surface area contributed by atoms with Crippen molar-refractivity contribution in [1.82, 2.24) is 10.2 Å². The van der Waals surface area contributed by atoms with Gasteiger partial charge in [-0.05, 0) is 24.8 Å². The van der Waals surface area contributed by atoms with Gasteiger partial charge in [-0.2, -0.15) is 11.8 Å². The third kappa shape index (κ3) is 4.34. The molecule has 0 amide bonds. The average Bonchev–Trinajstić information content (AvgIpc) is 2.60. The highest BCUT2D eigenvalue weighted by molar-refractivity contribution is 7.99. The van der Waals surface area contributed by atoms with Crippen molar-refractivity contribution in [2.45, 2.75) is 39.4 Å². The van der Waals surface area contributed by atoms with Crippen LogP contribution in [0.25, 0.3) is 0 Å². The quantitative estimate of drug-likeness (QED) is 0.889. The molecule has 1 aromatic heterocycles. The summed E-state index contributed by atoms with van der Waals surface area (Å²) in [6.07, 6.45) is 3.12. The van der Waals surface area contributed by atoms with E-state index in [-0.39, 0.29) is 0 Å². The summed E-state index contributed by atoms with van der Waals surface area (Å²) in [7, 11) is 0. The van der Waals surface area contributed by atoms with Gasteiger partial charge in [0.25, 0.3) is 0 Å². The Morgan fingerprint density at radius 1 is 1.39 bits per heavy atom. The Labute approximate surface area is 114 Å². The predicted octanol–water partition coefficient (Wildman–Crippen LogP) is 2.72. The third-order valence-electron chi connectivity index (χ3n) is 3.22. The van der Waals surface area contributed by atoms with Crippen molar-refractivity contribution in [2.24, 2.45) is 0 Å². The van der Waals surface area contributed by atoms with Crippen LogP contribution in [0.2, 0.25) is 0 Å².